The van der Waals surface area contributed by atoms with Crippen LogP contribution in [0, 0.1) is 0 Å². The van der Waals surface area contributed by atoms with Crippen LogP contribution in [0.5, 0.6) is 0 Å². The Morgan fingerprint density at radius 2 is 2.41 bits per heavy atom. The number of rotatable bonds is 5. The van der Waals surface area contributed by atoms with E-state index in [-0.39, 0.29) is 12.5 Å². The smallest absolute Gasteiger partial charge is 0.252 e. The molecule has 0 aliphatic carbocycles. The molecule has 1 aliphatic rings. The first-order chi connectivity index (χ1) is 8.31. The maximum absolute atomic E-state index is 12.0. The Labute approximate surface area is 100.0 Å². The molecule has 0 spiro atoms. The van der Waals surface area contributed by atoms with E-state index < -0.39 is 6.10 Å². The zero-order chi connectivity index (χ0) is 12.1. The van der Waals surface area contributed by atoms with Gasteiger partial charge in [0.1, 0.15) is 11.9 Å². The van der Waals surface area contributed by atoms with Crippen LogP contribution in [0.4, 0.5) is 0 Å². The van der Waals surface area contributed by atoms with Crippen LogP contribution >= 0.6 is 0 Å². The molecule has 1 aliphatic heterocycles. The van der Waals surface area contributed by atoms with Crippen molar-refractivity contribution in [3.8, 4) is 0 Å². The summed E-state index contributed by atoms with van der Waals surface area (Å²) in [6.45, 7) is 1.72. The Hall–Kier alpha value is -1.33. The highest BCUT2D eigenvalue weighted by Crippen LogP contribution is 2.15. The number of carbonyl (C=O) groups is 1. The Bertz CT molecular complexity index is 349. The third-order valence-corrected chi connectivity index (χ3v) is 2.82. The molecule has 17 heavy (non-hydrogen) atoms. The lowest BCUT2D eigenvalue weighted by Gasteiger charge is -2.31. The van der Waals surface area contributed by atoms with Crippen LogP contribution in [-0.4, -0.2) is 41.8 Å². The minimum Gasteiger partial charge on any atom is -0.467 e. The van der Waals surface area contributed by atoms with Gasteiger partial charge in [-0.15, -0.1) is 0 Å². The highest BCUT2D eigenvalue weighted by Gasteiger charge is 2.29. The van der Waals surface area contributed by atoms with Crippen molar-refractivity contribution in [1.29, 1.82) is 0 Å². The van der Waals surface area contributed by atoms with E-state index in [0.717, 1.165) is 5.76 Å². The van der Waals surface area contributed by atoms with E-state index >= 15 is 0 Å². The summed E-state index contributed by atoms with van der Waals surface area (Å²) in [5.74, 6) is 0.766. The second-order valence-electron chi connectivity index (χ2n) is 4.06. The van der Waals surface area contributed by atoms with Crippen LogP contribution in [0.25, 0.3) is 0 Å². The van der Waals surface area contributed by atoms with Gasteiger partial charge in [-0.1, -0.05) is 0 Å². The number of nitrogens with zero attached hydrogens (tertiary/aromatic N) is 1. The third-order valence-electron chi connectivity index (χ3n) is 2.82. The molecule has 2 heterocycles. The number of ether oxygens (including phenoxy) is 1. The quantitative estimate of drug-likeness (QED) is 0.824. The van der Waals surface area contributed by atoms with Crippen molar-refractivity contribution in [3.05, 3.63) is 24.2 Å². The number of aliphatic hydroxyl groups is 1. The second-order valence-corrected chi connectivity index (χ2v) is 4.06. The first-order valence-corrected chi connectivity index (χ1v) is 5.85. The van der Waals surface area contributed by atoms with Crippen LogP contribution in [0.15, 0.2) is 22.8 Å². The molecule has 0 bridgehead atoms. The Morgan fingerprint density at radius 1 is 1.53 bits per heavy atom. The molecule has 1 aromatic heterocycles. The molecular weight excluding hydrogens is 222 g/mol. The summed E-state index contributed by atoms with van der Waals surface area (Å²) in [5, 5.41) is 8.76. The Morgan fingerprint density at radius 3 is 3.12 bits per heavy atom. The van der Waals surface area contributed by atoms with Gasteiger partial charge < -0.3 is 19.2 Å². The lowest BCUT2D eigenvalue weighted by molar-refractivity contribution is -0.154. The first-order valence-electron chi connectivity index (χ1n) is 5.85. The molecule has 2 rings (SSSR count). The van der Waals surface area contributed by atoms with Crippen molar-refractivity contribution in [3.63, 3.8) is 0 Å². The van der Waals surface area contributed by atoms with Gasteiger partial charge in [0.05, 0.1) is 19.4 Å². The number of amides is 1. The number of aliphatic hydroxyl groups excluding tert-OH is 1. The number of hydrogen-bond acceptors (Lipinski definition) is 4. The van der Waals surface area contributed by atoms with Gasteiger partial charge in [0, 0.05) is 13.2 Å². The van der Waals surface area contributed by atoms with E-state index in [2.05, 4.69) is 0 Å². The lowest BCUT2D eigenvalue weighted by atomic mass is 10.1. The lowest BCUT2D eigenvalue weighted by Crippen LogP contribution is -2.47. The number of carbonyl (C=O) groups excluding carboxylic acids is 1. The second kappa shape index (κ2) is 5.84. The molecule has 0 aromatic carbocycles. The number of morpholine rings is 1. The monoisotopic (exact) mass is 239 g/mol. The molecule has 5 heteroatoms. The average Bonchev–Trinajstić information content (AvgIpc) is 2.83. The molecule has 1 atom stereocenters. The van der Waals surface area contributed by atoms with Gasteiger partial charge in [0.15, 0.2) is 0 Å². The van der Waals surface area contributed by atoms with Gasteiger partial charge in [-0.2, -0.15) is 0 Å². The standard InChI is InChI=1S/C12H17NO4/c14-6-1-4-11-12(15)13(5-8-17-11)9-10-3-2-7-16-10/h2-3,7,11,14H,1,4-6,8-9H2. The van der Waals surface area contributed by atoms with Crippen LogP contribution in [-0.2, 0) is 16.1 Å². The van der Waals surface area contributed by atoms with Gasteiger partial charge in [-0.25, -0.2) is 0 Å². The number of furan rings is 1. The molecule has 94 valence electrons. The average molecular weight is 239 g/mol. The minimum atomic E-state index is -0.411. The van der Waals surface area contributed by atoms with Crippen LogP contribution < -0.4 is 0 Å². The van der Waals surface area contributed by atoms with E-state index in [1.54, 1.807) is 11.2 Å². The van der Waals surface area contributed by atoms with E-state index in [1.807, 2.05) is 12.1 Å². The maximum Gasteiger partial charge on any atom is 0.252 e. The molecule has 1 saturated heterocycles. The Balaban J connectivity index is 1.91. The normalized spacial score (nSPS) is 20.9. The van der Waals surface area contributed by atoms with Crippen molar-refractivity contribution in [1.82, 2.24) is 4.90 Å². The summed E-state index contributed by atoms with van der Waals surface area (Å²) in [7, 11) is 0. The predicted octanol–water partition coefficient (Wildman–Crippen LogP) is 0.779. The first kappa shape index (κ1) is 12.1. The van der Waals surface area contributed by atoms with E-state index in [4.69, 9.17) is 14.3 Å². The summed E-state index contributed by atoms with van der Waals surface area (Å²) in [6, 6.07) is 3.66. The molecule has 5 nitrogen and oxygen atoms in total. The molecule has 1 N–H and O–H groups in total. The highest BCUT2D eigenvalue weighted by atomic mass is 16.5. The molecule has 1 amide bonds. The third kappa shape index (κ3) is 3.08. The maximum atomic E-state index is 12.0. The van der Waals surface area contributed by atoms with Crippen molar-refractivity contribution >= 4 is 5.91 Å². The van der Waals surface area contributed by atoms with E-state index in [1.165, 1.54) is 0 Å². The van der Waals surface area contributed by atoms with Gasteiger partial charge in [-0.05, 0) is 25.0 Å². The fourth-order valence-corrected chi connectivity index (χ4v) is 1.92. The topological polar surface area (TPSA) is 62.9 Å². The summed E-state index contributed by atoms with van der Waals surface area (Å²) >= 11 is 0. The summed E-state index contributed by atoms with van der Waals surface area (Å²) < 4.78 is 10.6. The van der Waals surface area contributed by atoms with Crippen LogP contribution in [0.2, 0.25) is 0 Å². The van der Waals surface area contributed by atoms with Crippen LogP contribution in [0.1, 0.15) is 18.6 Å². The van der Waals surface area contributed by atoms with E-state index in [9.17, 15) is 4.79 Å². The van der Waals surface area contributed by atoms with Gasteiger partial charge in [0.2, 0.25) is 0 Å². The van der Waals surface area contributed by atoms with Crippen molar-refractivity contribution in [2.75, 3.05) is 19.8 Å². The fourth-order valence-electron chi connectivity index (χ4n) is 1.92. The predicted molar refractivity (Wildman–Crippen MR) is 60.2 cm³/mol. The fraction of sp³-hybridized carbons (Fsp3) is 0.583. The SMILES string of the molecule is O=C1C(CCCO)OCCN1Cc1ccco1. The zero-order valence-electron chi connectivity index (χ0n) is 9.67. The minimum absolute atomic E-state index is 0.0129. The van der Waals surface area contributed by atoms with Crippen molar-refractivity contribution < 1.29 is 19.1 Å². The van der Waals surface area contributed by atoms with Crippen molar-refractivity contribution in [2.45, 2.75) is 25.5 Å². The summed E-state index contributed by atoms with van der Waals surface area (Å²) in [6.07, 6.45) is 2.35. The molecular formula is C12H17NO4. The largest absolute Gasteiger partial charge is 0.467 e. The summed E-state index contributed by atoms with van der Waals surface area (Å²) in [5.41, 5.74) is 0. The van der Waals surface area contributed by atoms with E-state index in [0.29, 0.717) is 32.5 Å². The van der Waals surface area contributed by atoms with Gasteiger partial charge >= 0.3 is 0 Å². The highest BCUT2D eigenvalue weighted by molar-refractivity contribution is 5.81. The summed E-state index contributed by atoms with van der Waals surface area (Å²) in [4.78, 5) is 13.8. The molecule has 1 aromatic rings. The van der Waals surface area contributed by atoms with Gasteiger partial charge in [-0.3, -0.25) is 4.79 Å². The van der Waals surface area contributed by atoms with Crippen molar-refractivity contribution in [2.24, 2.45) is 0 Å². The molecule has 0 saturated carbocycles. The Kier molecular flexibility index (Phi) is 4.17. The number of hydrogen-bond donors (Lipinski definition) is 1. The van der Waals surface area contributed by atoms with Gasteiger partial charge in [0.25, 0.3) is 5.91 Å². The zero-order valence-corrected chi connectivity index (χ0v) is 9.67. The van der Waals surface area contributed by atoms with Crippen LogP contribution in [0.3, 0.4) is 0 Å². The molecule has 1 fully saturated rings. The molecule has 1 unspecified atom stereocenters. The molecule has 0 radical (unpaired) electrons.